The quantitative estimate of drug-likeness (QED) is 0.553. The molecular weight excluding hydrogens is 284 g/mol. The number of benzene rings is 3. The summed E-state index contributed by atoms with van der Waals surface area (Å²) in [5, 5.41) is 20.3. The maximum Gasteiger partial charge on any atom is 0.123 e. The summed E-state index contributed by atoms with van der Waals surface area (Å²) in [5.41, 5.74) is 7.64. The van der Waals surface area contributed by atoms with Gasteiger partial charge in [-0.05, 0) is 64.4 Å². The molecule has 0 bridgehead atoms. The Morgan fingerprint density at radius 2 is 1.65 bits per heavy atom. The van der Waals surface area contributed by atoms with Crippen LogP contribution in [-0.2, 0) is 12.8 Å². The van der Waals surface area contributed by atoms with Crippen molar-refractivity contribution in [3.8, 4) is 33.8 Å². The van der Waals surface area contributed by atoms with Gasteiger partial charge in [0.1, 0.15) is 11.5 Å². The van der Waals surface area contributed by atoms with Crippen LogP contribution in [0.2, 0.25) is 0 Å². The molecule has 0 unspecified atom stereocenters. The second-order valence-electron chi connectivity index (χ2n) is 6.02. The maximum absolute atomic E-state index is 10.4. The molecule has 3 aromatic carbocycles. The van der Waals surface area contributed by atoms with Crippen molar-refractivity contribution in [1.82, 2.24) is 0 Å². The van der Waals surface area contributed by atoms with E-state index in [0.717, 1.165) is 40.7 Å². The van der Waals surface area contributed by atoms with E-state index in [9.17, 15) is 10.2 Å². The molecule has 0 atom stereocenters. The summed E-state index contributed by atoms with van der Waals surface area (Å²) in [6.07, 6.45) is 1.62. The summed E-state index contributed by atoms with van der Waals surface area (Å²) >= 11 is 0. The number of rotatable bonds is 2. The van der Waals surface area contributed by atoms with Gasteiger partial charge in [-0.1, -0.05) is 43.3 Å². The molecule has 114 valence electrons. The number of phenols is 2. The van der Waals surface area contributed by atoms with E-state index in [4.69, 9.17) is 0 Å². The highest BCUT2D eigenvalue weighted by molar-refractivity contribution is 5.88. The second kappa shape index (κ2) is 5.17. The zero-order valence-corrected chi connectivity index (χ0v) is 13.0. The molecule has 2 nitrogen and oxygen atoms in total. The van der Waals surface area contributed by atoms with Crippen LogP contribution in [0.25, 0.3) is 22.3 Å². The Labute approximate surface area is 135 Å². The minimum Gasteiger partial charge on any atom is -0.508 e. The normalized spacial score (nSPS) is 12.0. The molecule has 0 radical (unpaired) electrons. The number of hydrogen-bond donors (Lipinski definition) is 2. The van der Waals surface area contributed by atoms with Crippen LogP contribution in [-0.4, -0.2) is 10.2 Å². The van der Waals surface area contributed by atoms with Crippen LogP contribution < -0.4 is 0 Å². The van der Waals surface area contributed by atoms with E-state index in [2.05, 4.69) is 12.1 Å². The van der Waals surface area contributed by atoms with E-state index >= 15 is 0 Å². The fourth-order valence-electron chi connectivity index (χ4n) is 3.54. The topological polar surface area (TPSA) is 40.5 Å². The van der Waals surface area contributed by atoms with Gasteiger partial charge in [-0.15, -0.1) is 0 Å². The first-order chi connectivity index (χ1) is 11.2. The highest BCUT2D eigenvalue weighted by atomic mass is 16.3. The van der Waals surface area contributed by atoms with Crippen molar-refractivity contribution in [3.63, 3.8) is 0 Å². The molecule has 23 heavy (non-hydrogen) atoms. The lowest BCUT2D eigenvalue weighted by molar-refractivity contribution is 0.469. The first-order valence-corrected chi connectivity index (χ1v) is 7.94. The Hall–Kier alpha value is -2.74. The van der Waals surface area contributed by atoms with E-state index in [-0.39, 0.29) is 0 Å². The number of aromatic hydroxyl groups is 2. The van der Waals surface area contributed by atoms with Gasteiger partial charge in [0.05, 0.1) is 0 Å². The van der Waals surface area contributed by atoms with Gasteiger partial charge < -0.3 is 10.2 Å². The van der Waals surface area contributed by atoms with Gasteiger partial charge in [-0.2, -0.15) is 0 Å². The average Bonchev–Trinajstić information content (AvgIpc) is 2.96. The molecule has 3 aromatic rings. The van der Waals surface area contributed by atoms with Gasteiger partial charge in [0.25, 0.3) is 0 Å². The van der Waals surface area contributed by atoms with Crippen molar-refractivity contribution in [2.24, 2.45) is 0 Å². The van der Waals surface area contributed by atoms with Crippen LogP contribution in [0.1, 0.15) is 23.6 Å². The molecule has 0 saturated heterocycles. The molecule has 0 fully saturated rings. The average molecular weight is 302 g/mol. The summed E-state index contributed by atoms with van der Waals surface area (Å²) < 4.78 is 0. The maximum atomic E-state index is 10.4. The van der Waals surface area contributed by atoms with Crippen molar-refractivity contribution < 1.29 is 10.2 Å². The molecular formula is C21H18O2. The van der Waals surface area contributed by atoms with Gasteiger partial charge in [-0.3, -0.25) is 0 Å². The third-order valence-electron chi connectivity index (χ3n) is 4.72. The zero-order valence-electron chi connectivity index (χ0n) is 13.0. The minimum atomic E-state index is 0.336. The summed E-state index contributed by atoms with van der Waals surface area (Å²) in [6, 6.07) is 17.7. The van der Waals surface area contributed by atoms with E-state index in [1.807, 2.05) is 37.3 Å². The molecule has 0 aliphatic heterocycles. The van der Waals surface area contributed by atoms with Crippen molar-refractivity contribution in [2.45, 2.75) is 19.8 Å². The van der Waals surface area contributed by atoms with Gasteiger partial charge in [0, 0.05) is 5.56 Å². The SMILES string of the molecule is CCc1cc(-c2ccc(O)c3c2Cc2ccccc2-3)ccc1O. The fraction of sp³-hybridized carbons (Fsp3) is 0.143. The van der Waals surface area contributed by atoms with Crippen LogP contribution in [0.4, 0.5) is 0 Å². The highest BCUT2D eigenvalue weighted by Crippen LogP contribution is 2.46. The Kier molecular flexibility index (Phi) is 3.12. The van der Waals surface area contributed by atoms with E-state index in [1.54, 1.807) is 12.1 Å². The molecule has 2 N–H and O–H groups in total. The molecule has 1 aliphatic carbocycles. The first-order valence-electron chi connectivity index (χ1n) is 7.94. The standard InChI is InChI=1S/C21H18O2/c1-2-13-11-15(7-9-19(13)22)16-8-10-20(23)21-17-6-4-3-5-14(17)12-18(16)21/h3-11,22-23H,2,12H2,1H3. The summed E-state index contributed by atoms with van der Waals surface area (Å²) in [6.45, 7) is 2.04. The molecule has 1 aliphatic rings. The Morgan fingerprint density at radius 1 is 0.870 bits per heavy atom. The predicted octanol–water partition coefficient (Wildman–Crippen LogP) is 4.90. The fourth-order valence-corrected chi connectivity index (χ4v) is 3.54. The lowest BCUT2D eigenvalue weighted by Crippen LogP contribution is -1.90. The zero-order chi connectivity index (χ0) is 16.0. The van der Waals surface area contributed by atoms with Gasteiger partial charge >= 0.3 is 0 Å². The van der Waals surface area contributed by atoms with E-state index in [1.165, 1.54) is 11.1 Å². The Balaban J connectivity index is 1.93. The summed E-state index contributed by atoms with van der Waals surface area (Å²) in [5.74, 6) is 0.679. The molecule has 0 amide bonds. The minimum absolute atomic E-state index is 0.336. The Morgan fingerprint density at radius 3 is 2.48 bits per heavy atom. The predicted molar refractivity (Wildman–Crippen MR) is 92.8 cm³/mol. The van der Waals surface area contributed by atoms with Crippen LogP contribution >= 0.6 is 0 Å². The van der Waals surface area contributed by atoms with Gasteiger partial charge in [0.15, 0.2) is 0 Å². The van der Waals surface area contributed by atoms with Crippen molar-refractivity contribution in [2.75, 3.05) is 0 Å². The lowest BCUT2D eigenvalue weighted by Gasteiger charge is -2.12. The van der Waals surface area contributed by atoms with Crippen molar-refractivity contribution in [1.29, 1.82) is 0 Å². The molecule has 4 rings (SSSR count). The van der Waals surface area contributed by atoms with Gasteiger partial charge in [-0.25, -0.2) is 0 Å². The second-order valence-corrected chi connectivity index (χ2v) is 6.02. The van der Waals surface area contributed by atoms with Crippen molar-refractivity contribution >= 4 is 0 Å². The van der Waals surface area contributed by atoms with Crippen LogP contribution in [0.15, 0.2) is 54.6 Å². The molecule has 2 heteroatoms. The Bertz CT molecular complexity index is 910. The first kappa shape index (κ1) is 13.9. The third kappa shape index (κ3) is 2.10. The molecule has 0 spiro atoms. The monoisotopic (exact) mass is 302 g/mol. The third-order valence-corrected chi connectivity index (χ3v) is 4.72. The van der Waals surface area contributed by atoms with E-state index in [0.29, 0.717) is 11.5 Å². The van der Waals surface area contributed by atoms with E-state index < -0.39 is 0 Å². The number of phenolic OH excluding ortho intramolecular Hbond substituents is 2. The molecule has 0 saturated carbocycles. The summed E-state index contributed by atoms with van der Waals surface area (Å²) in [4.78, 5) is 0. The van der Waals surface area contributed by atoms with Crippen molar-refractivity contribution in [3.05, 3.63) is 71.3 Å². The lowest BCUT2D eigenvalue weighted by atomic mass is 9.93. The number of hydrogen-bond acceptors (Lipinski definition) is 2. The van der Waals surface area contributed by atoms with Crippen LogP contribution in [0, 0.1) is 0 Å². The largest absolute Gasteiger partial charge is 0.508 e. The van der Waals surface area contributed by atoms with Crippen LogP contribution in [0.5, 0.6) is 11.5 Å². The number of aryl methyl sites for hydroxylation is 1. The highest BCUT2D eigenvalue weighted by Gasteiger charge is 2.24. The van der Waals surface area contributed by atoms with Crippen LogP contribution in [0.3, 0.4) is 0 Å². The van der Waals surface area contributed by atoms with Gasteiger partial charge in [0.2, 0.25) is 0 Å². The number of fused-ring (bicyclic) bond motifs is 3. The molecule has 0 heterocycles. The molecule has 0 aromatic heterocycles. The summed E-state index contributed by atoms with van der Waals surface area (Å²) in [7, 11) is 0. The smallest absolute Gasteiger partial charge is 0.123 e.